The number of halogens is 3. The van der Waals surface area contributed by atoms with E-state index in [2.05, 4.69) is 37.0 Å². The van der Waals surface area contributed by atoms with Crippen molar-refractivity contribution in [2.75, 3.05) is 20.3 Å². The lowest BCUT2D eigenvalue weighted by molar-refractivity contribution is 0.252. The summed E-state index contributed by atoms with van der Waals surface area (Å²) in [7, 11) is 1.57. The minimum atomic E-state index is -0.502. The van der Waals surface area contributed by atoms with Gasteiger partial charge in [-0.15, -0.1) is 0 Å². The van der Waals surface area contributed by atoms with Crippen LogP contribution in [0.5, 0.6) is 17.4 Å². The van der Waals surface area contributed by atoms with Gasteiger partial charge in [-0.1, -0.05) is 40.2 Å². The third-order valence-electron chi connectivity index (χ3n) is 4.92. The maximum atomic E-state index is 15.1. The van der Waals surface area contributed by atoms with Crippen molar-refractivity contribution in [3.05, 3.63) is 69.4 Å². The molecule has 0 atom stereocenters. The fourth-order valence-corrected chi connectivity index (χ4v) is 4.39. The van der Waals surface area contributed by atoms with Crippen molar-refractivity contribution < 1.29 is 18.6 Å². The number of fused-ring (bicyclic) bond motifs is 1. The molecule has 0 bridgehead atoms. The number of hydrogen-bond acceptors (Lipinski definition) is 4. The second kappa shape index (κ2) is 9.92. The molecular formula is C24H21Br2FN2O3. The molecule has 5 nitrogen and oxygen atoms in total. The molecule has 1 aromatic heterocycles. The summed E-state index contributed by atoms with van der Waals surface area (Å²) in [6, 6.07) is 17.1. The van der Waals surface area contributed by atoms with E-state index in [0.717, 1.165) is 19.7 Å². The van der Waals surface area contributed by atoms with Gasteiger partial charge in [-0.05, 0) is 64.0 Å². The van der Waals surface area contributed by atoms with Gasteiger partial charge in [0.2, 0.25) is 11.7 Å². The molecule has 0 fully saturated rings. The number of aromatic nitrogens is 2. The highest BCUT2D eigenvalue weighted by Crippen LogP contribution is 2.35. The van der Waals surface area contributed by atoms with Gasteiger partial charge < -0.3 is 14.2 Å². The normalized spacial score (nSPS) is 11.0. The van der Waals surface area contributed by atoms with Crippen molar-refractivity contribution in [3.8, 4) is 28.6 Å². The standard InChI is InChI=1S/C24H21Br2FN2O3/c1-3-31-24-22(27)23(16-5-4-6-18(14-16)30-2)28-29(24)11-12-32-20-10-7-15-13-17(25)8-9-19(15)21(20)26/h4-10,13-14H,3,11-12H2,1-2H3. The van der Waals surface area contributed by atoms with Gasteiger partial charge >= 0.3 is 0 Å². The van der Waals surface area contributed by atoms with Crippen molar-refractivity contribution in [1.82, 2.24) is 9.78 Å². The molecule has 0 radical (unpaired) electrons. The Kier molecular flexibility index (Phi) is 7.01. The van der Waals surface area contributed by atoms with Crippen LogP contribution in [0.1, 0.15) is 6.92 Å². The zero-order valence-electron chi connectivity index (χ0n) is 17.6. The molecule has 0 saturated heterocycles. The number of nitrogens with zero attached hydrogens (tertiary/aromatic N) is 2. The van der Waals surface area contributed by atoms with Gasteiger partial charge in [0.15, 0.2) is 0 Å². The first-order valence-corrected chi connectivity index (χ1v) is 11.6. The molecule has 0 unspecified atom stereocenters. The summed E-state index contributed by atoms with van der Waals surface area (Å²) < 4.78 is 35.3. The highest BCUT2D eigenvalue weighted by atomic mass is 79.9. The summed E-state index contributed by atoms with van der Waals surface area (Å²) in [6.07, 6.45) is 0. The van der Waals surface area contributed by atoms with Gasteiger partial charge in [-0.25, -0.2) is 4.68 Å². The van der Waals surface area contributed by atoms with E-state index in [1.54, 1.807) is 31.4 Å². The Morgan fingerprint density at radius 3 is 2.66 bits per heavy atom. The highest BCUT2D eigenvalue weighted by Gasteiger charge is 2.21. The smallest absolute Gasteiger partial charge is 0.249 e. The van der Waals surface area contributed by atoms with Gasteiger partial charge in [0, 0.05) is 10.0 Å². The summed E-state index contributed by atoms with van der Waals surface area (Å²) >= 11 is 7.12. The van der Waals surface area contributed by atoms with Crippen LogP contribution in [-0.4, -0.2) is 30.1 Å². The van der Waals surface area contributed by atoms with Crippen LogP contribution in [0.4, 0.5) is 4.39 Å². The van der Waals surface area contributed by atoms with Crippen LogP contribution in [-0.2, 0) is 6.54 Å². The second-order valence-corrected chi connectivity index (χ2v) is 8.66. The lowest BCUT2D eigenvalue weighted by Crippen LogP contribution is -2.12. The average Bonchev–Trinajstić information content (AvgIpc) is 3.11. The largest absolute Gasteiger partial charge is 0.497 e. The van der Waals surface area contributed by atoms with E-state index in [9.17, 15) is 0 Å². The first-order chi connectivity index (χ1) is 15.5. The Labute approximate surface area is 202 Å². The molecule has 0 spiro atoms. The number of hydrogen-bond donors (Lipinski definition) is 0. The molecular weight excluding hydrogens is 543 g/mol. The summed E-state index contributed by atoms with van der Waals surface area (Å²) in [5.41, 5.74) is 0.829. The third-order valence-corrected chi connectivity index (χ3v) is 6.23. The molecule has 0 saturated carbocycles. The van der Waals surface area contributed by atoms with E-state index in [1.807, 2.05) is 37.3 Å². The SMILES string of the molecule is CCOc1c(F)c(-c2cccc(OC)c2)nn1CCOc1ccc2cc(Br)ccc2c1Br. The molecule has 4 rings (SSSR count). The summed E-state index contributed by atoms with van der Waals surface area (Å²) in [5, 5.41) is 6.59. The van der Waals surface area contributed by atoms with E-state index in [1.165, 1.54) is 4.68 Å². The molecule has 32 heavy (non-hydrogen) atoms. The van der Waals surface area contributed by atoms with Gasteiger partial charge in [0.1, 0.15) is 23.8 Å². The van der Waals surface area contributed by atoms with Crippen LogP contribution in [0.2, 0.25) is 0 Å². The quantitative estimate of drug-likeness (QED) is 0.235. The topological polar surface area (TPSA) is 45.5 Å². The van der Waals surface area contributed by atoms with Crippen LogP contribution in [0, 0.1) is 5.82 Å². The summed E-state index contributed by atoms with van der Waals surface area (Å²) in [5.74, 6) is 0.929. The molecule has 166 valence electrons. The van der Waals surface area contributed by atoms with E-state index >= 15 is 4.39 Å². The van der Waals surface area contributed by atoms with Crippen molar-refractivity contribution in [2.45, 2.75) is 13.5 Å². The van der Waals surface area contributed by atoms with Crippen LogP contribution in [0.25, 0.3) is 22.0 Å². The van der Waals surface area contributed by atoms with E-state index in [4.69, 9.17) is 14.2 Å². The summed E-state index contributed by atoms with van der Waals surface area (Å²) in [4.78, 5) is 0. The number of rotatable bonds is 8. The van der Waals surface area contributed by atoms with Crippen LogP contribution in [0.3, 0.4) is 0 Å². The fraction of sp³-hybridized carbons (Fsp3) is 0.208. The molecule has 0 aliphatic heterocycles. The molecule has 3 aromatic carbocycles. The van der Waals surface area contributed by atoms with Crippen molar-refractivity contribution in [1.29, 1.82) is 0 Å². The Morgan fingerprint density at radius 2 is 1.88 bits per heavy atom. The van der Waals surface area contributed by atoms with Crippen LogP contribution >= 0.6 is 31.9 Å². The molecule has 0 N–H and O–H groups in total. The van der Waals surface area contributed by atoms with Crippen molar-refractivity contribution in [3.63, 3.8) is 0 Å². The fourth-order valence-electron chi connectivity index (χ4n) is 3.40. The number of ether oxygens (including phenoxy) is 3. The van der Waals surface area contributed by atoms with E-state index < -0.39 is 5.82 Å². The second-order valence-electron chi connectivity index (χ2n) is 6.95. The van der Waals surface area contributed by atoms with Crippen LogP contribution < -0.4 is 14.2 Å². The molecule has 8 heteroatoms. The van der Waals surface area contributed by atoms with Gasteiger partial charge in [0.25, 0.3) is 0 Å². The Bertz CT molecular complexity index is 1260. The zero-order valence-corrected chi connectivity index (χ0v) is 20.7. The summed E-state index contributed by atoms with van der Waals surface area (Å²) in [6.45, 7) is 2.75. The number of methoxy groups -OCH3 is 1. The first-order valence-electron chi connectivity index (χ1n) is 10.1. The van der Waals surface area contributed by atoms with E-state index in [0.29, 0.717) is 36.8 Å². The van der Waals surface area contributed by atoms with Crippen molar-refractivity contribution in [2.24, 2.45) is 0 Å². The van der Waals surface area contributed by atoms with E-state index in [-0.39, 0.29) is 11.6 Å². The lowest BCUT2D eigenvalue weighted by atomic mass is 10.1. The predicted molar refractivity (Wildman–Crippen MR) is 130 cm³/mol. The maximum Gasteiger partial charge on any atom is 0.249 e. The predicted octanol–water partition coefficient (Wildman–Crippen LogP) is 6.85. The molecule has 4 aromatic rings. The molecule has 1 heterocycles. The highest BCUT2D eigenvalue weighted by molar-refractivity contribution is 9.11. The minimum absolute atomic E-state index is 0.0938. The Morgan fingerprint density at radius 1 is 1.03 bits per heavy atom. The van der Waals surface area contributed by atoms with Crippen molar-refractivity contribution >= 4 is 42.6 Å². The Hall–Kier alpha value is -2.58. The third kappa shape index (κ3) is 4.61. The first kappa shape index (κ1) is 22.6. The van der Waals surface area contributed by atoms with Gasteiger partial charge in [-0.2, -0.15) is 9.49 Å². The van der Waals surface area contributed by atoms with Crippen LogP contribution in [0.15, 0.2) is 63.5 Å². The molecule has 0 amide bonds. The zero-order chi connectivity index (χ0) is 22.7. The molecule has 0 aliphatic rings. The van der Waals surface area contributed by atoms with Gasteiger partial charge in [0.05, 0.1) is 24.7 Å². The number of benzene rings is 3. The lowest BCUT2D eigenvalue weighted by Gasteiger charge is -2.12. The minimum Gasteiger partial charge on any atom is -0.497 e. The monoisotopic (exact) mass is 562 g/mol. The van der Waals surface area contributed by atoms with Gasteiger partial charge in [-0.3, -0.25) is 0 Å². The molecule has 0 aliphatic carbocycles. The average molecular weight is 564 g/mol. The Balaban J connectivity index is 1.56. The maximum absolute atomic E-state index is 15.1.